The number of sulfone groups is 1. The summed E-state index contributed by atoms with van der Waals surface area (Å²) in [7, 11) is -3.60. The second-order valence-corrected chi connectivity index (χ2v) is 12.0. The molecule has 9 nitrogen and oxygen atoms in total. The van der Waals surface area contributed by atoms with E-state index in [2.05, 4.69) is 32.7 Å². The lowest BCUT2D eigenvalue weighted by Gasteiger charge is -2.13. The molecule has 1 aromatic carbocycles. The molecule has 2 aliphatic rings. The molecule has 2 fully saturated rings. The SMILES string of the molecule is O=c1ccc2cnc(Nc3ccc(C4CCNC4)cc3)nc2n1Cc1ccoc1S(=O)(=O)C1CCCC1. The van der Waals surface area contributed by atoms with E-state index in [9.17, 15) is 13.2 Å². The van der Waals surface area contributed by atoms with Gasteiger partial charge < -0.3 is 15.1 Å². The molecule has 4 heterocycles. The van der Waals surface area contributed by atoms with Crippen LogP contribution in [0.5, 0.6) is 0 Å². The molecular formula is C27H29N5O4S. The summed E-state index contributed by atoms with van der Waals surface area (Å²) in [5, 5.41) is 6.81. The highest BCUT2D eigenvalue weighted by atomic mass is 32.2. The maximum atomic E-state index is 13.2. The largest absolute Gasteiger partial charge is 0.453 e. The maximum absolute atomic E-state index is 13.2. The Morgan fingerprint density at radius 3 is 2.62 bits per heavy atom. The zero-order valence-electron chi connectivity index (χ0n) is 20.4. The van der Waals surface area contributed by atoms with E-state index in [1.165, 1.54) is 22.5 Å². The molecule has 1 aliphatic carbocycles. The Kier molecular flexibility index (Phi) is 6.29. The lowest BCUT2D eigenvalue weighted by atomic mass is 9.98. The van der Waals surface area contributed by atoms with Crippen LogP contribution in [0.3, 0.4) is 0 Å². The van der Waals surface area contributed by atoms with Crippen LogP contribution in [0.1, 0.15) is 49.1 Å². The van der Waals surface area contributed by atoms with Crippen LogP contribution < -0.4 is 16.2 Å². The third-order valence-corrected chi connectivity index (χ3v) is 9.68. The molecule has 1 saturated heterocycles. The molecule has 10 heteroatoms. The van der Waals surface area contributed by atoms with Gasteiger partial charge >= 0.3 is 0 Å². The van der Waals surface area contributed by atoms with E-state index in [1.807, 2.05) is 12.1 Å². The van der Waals surface area contributed by atoms with Gasteiger partial charge in [0.05, 0.1) is 18.1 Å². The van der Waals surface area contributed by atoms with E-state index < -0.39 is 15.1 Å². The molecule has 1 unspecified atom stereocenters. The number of nitrogens with one attached hydrogen (secondary N) is 2. The summed E-state index contributed by atoms with van der Waals surface area (Å²) in [6.07, 6.45) is 7.24. The summed E-state index contributed by atoms with van der Waals surface area (Å²) < 4.78 is 33.3. The molecule has 192 valence electrons. The average Bonchev–Trinajstić information content (AvgIpc) is 3.69. The Morgan fingerprint density at radius 1 is 1.05 bits per heavy atom. The van der Waals surface area contributed by atoms with E-state index in [0.29, 0.717) is 41.3 Å². The monoisotopic (exact) mass is 519 g/mol. The molecule has 1 saturated carbocycles. The first-order chi connectivity index (χ1) is 18.0. The fourth-order valence-corrected chi connectivity index (χ4v) is 7.34. The van der Waals surface area contributed by atoms with Crippen molar-refractivity contribution in [2.75, 3.05) is 18.4 Å². The number of benzene rings is 1. The number of rotatable bonds is 7. The van der Waals surface area contributed by atoms with E-state index in [0.717, 1.165) is 38.0 Å². The highest BCUT2D eigenvalue weighted by molar-refractivity contribution is 7.92. The fraction of sp³-hybridized carbons (Fsp3) is 0.370. The summed E-state index contributed by atoms with van der Waals surface area (Å²) >= 11 is 0. The summed E-state index contributed by atoms with van der Waals surface area (Å²) in [6.45, 7) is 2.08. The first-order valence-corrected chi connectivity index (χ1v) is 14.3. The zero-order chi connectivity index (χ0) is 25.4. The van der Waals surface area contributed by atoms with Crippen molar-refractivity contribution in [3.8, 4) is 0 Å². The second kappa shape index (κ2) is 9.75. The quantitative estimate of drug-likeness (QED) is 0.377. The first-order valence-electron chi connectivity index (χ1n) is 12.7. The number of anilines is 2. The summed E-state index contributed by atoms with van der Waals surface area (Å²) in [6, 6.07) is 13.0. The van der Waals surface area contributed by atoms with Crippen LogP contribution in [-0.4, -0.2) is 41.3 Å². The van der Waals surface area contributed by atoms with Crippen LogP contribution in [-0.2, 0) is 16.4 Å². The van der Waals surface area contributed by atoms with Crippen molar-refractivity contribution < 1.29 is 12.8 Å². The third kappa shape index (κ3) is 4.67. The lowest BCUT2D eigenvalue weighted by molar-refractivity contribution is 0.438. The van der Waals surface area contributed by atoms with Gasteiger partial charge in [0.2, 0.25) is 20.9 Å². The van der Waals surface area contributed by atoms with Crippen molar-refractivity contribution in [2.45, 2.75) is 54.9 Å². The molecule has 4 aromatic rings. The third-order valence-electron chi connectivity index (χ3n) is 7.46. The van der Waals surface area contributed by atoms with Crippen molar-refractivity contribution in [1.82, 2.24) is 19.9 Å². The van der Waals surface area contributed by atoms with E-state index in [-0.39, 0.29) is 17.2 Å². The van der Waals surface area contributed by atoms with Gasteiger partial charge in [-0.15, -0.1) is 0 Å². The van der Waals surface area contributed by atoms with Crippen LogP contribution in [0.15, 0.2) is 69.2 Å². The number of aromatic nitrogens is 3. The number of pyridine rings is 1. The first kappa shape index (κ1) is 23.9. The smallest absolute Gasteiger partial charge is 0.252 e. The van der Waals surface area contributed by atoms with Gasteiger partial charge in [0.25, 0.3) is 5.56 Å². The minimum Gasteiger partial charge on any atom is -0.453 e. The standard InChI is InChI=1S/C27H29N5O4S/c33-24-10-7-20-16-29-27(30-22-8-5-18(6-9-22)19-11-13-28-15-19)31-25(20)32(24)17-21-12-14-36-26(21)37(34,35)23-3-1-2-4-23/h5-10,12,14,16,19,23,28H,1-4,11,13,15,17H2,(H,29,30,31). The number of nitrogens with zero attached hydrogens (tertiary/aromatic N) is 3. The molecule has 2 N–H and O–H groups in total. The van der Waals surface area contributed by atoms with Gasteiger partial charge in [-0.25, -0.2) is 13.4 Å². The Morgan fingerprint density at radius 2 is 1.86 bits per heavy atom. The normalized spacial score (nSPS) is 18.5. The Labute approximate surface area is 214 Å². The predicted octanol–water partition coefficient (Wildman–Crippen LogP) is 3.97. The molecule has 6 rings (SSSR count). The van der Waals surface area contributed by atoms with Crippen LogP contribution in [0.2, 0.25) is 0 Å². The van der Waals surface area contributed by atoms with Gasteiger partial charge in [0, 0.05) is 35.4 Å². The van der Waals surface area contributed by atoms with Crippen LogP contribution in [0, 0.1) is 0 Å². The molecule has 3 aromatic heterocycles. The lowest BCUT2D eigenvalue weighted by Crippen LogP contribution is -2.23. The van der Waals surface area contributed by atoms with E-state index in [4.69, 9.17) is 4.42 Å². The highest BCUT2D eigenvalue weighted by Gasteiger charge is 2.34. The number of furan rings is 1. The topological polar surface area (TPSA) is 119 Å². The van der Waals surface area contributed by atoms with Gasteiger partial charge in [-0.05, 0) is 61.6 Å². The predicted molar refractivity (Wildman–Crippen MR) is 141 cm³/mol. The number of hydrogen-bond donors (Lipinski definition) is 2. The number of fused-ring (bicyclic) bond motifs is 1. The average molecular weight is 520 g/mol. The Bertz CT molecular complexity index is 1580. The molecule has 0 spiro atoms. The Hall–Kier alpha value is -3.50. The van der Waals surface area contributed by atoms with Crippen LogP contribution in [0.4, 0.5) is 11.6 Å². The summed E-state index contributed by atoms with van der Waals surface area (Å²) in [4.78, 5) is 22.0. The van der Waals surface area contributed by atoms with Crippen molar-refractivity contribution >= 4 is 32.5 Å². The summed E-state index contributed by atoms with van der Waals surface area (Å²) in [5.41, 5.74) is 2.73. The number of hydrogen-bond acceptors (Lipinski definition) is 8. The highest BCUT2D eigenvalue weighted by Crippen LogP contribution is 2.32. The van der Waals surface area contributed by atoms with Crippen LogP contribution in [0.25, 0.3) is 11.0 Å². The molecule has 0 radical (unpaired) electrons. The van der Waals surface area contributed by atoms with Gasteiger partial charge in [0.15, 0.2) is 0 Å². The minimum atomic E-state index is -3.60. The van der Waals surface area contributed by atoms with Gasteiger partial charge in [0.1, 0.15) is 5.65 Å². The molecule has 1 atom stereocenters. The minimum absolute atomic E-state index is 0.0362. The van der Waals surface area contributed by atoms with E-state index in [1.54, 1.807) is 18.3 Å². The van der Waals surface area contributed by atoms with E-state index >= 15 is 0 Å². The van der Waals surface area contributed by atoms with Crippen molar-refractivity contribution in [1.29, 1.82) is 0 Å². The molecule has 37 heavy (non-hydrogen) atoms. The second-order valence-electron chi connectivity index (χ2n) is 9.85. The zero-order valence-corrected chi connectivity index (χ0v) is 21.2. The van der Waals surface area contributed by atoms with Crippen molar-refractivity contribution in [3.63, 3.8) is 0 Å². The van der Waals surface area contributed by atoms with Crippen molar-refractivity contribution in [3.05, 3.63) is 76.4 Å². The fourth-order valence-electron chi connectivity index (χ4n) is 5.40. The Balaban J connectivity index is 1.30. The molecule has 0 amide bonds. The maximum Gasteiger partial charge on any atom is 0.252 e. The molecule has 0 bridgehead atoms. The molecule has 1 aliphatic heterocycles. The van der Waals surface area contributed by atoms with Gasteiger partial charge in [-0.2, -0.15) is 4.98 Å². The summed E-state index contributed by atoms with van der Waals surface area (Å²) in [5.74, 6) is 0.888. The molecular weight excluding hydrogens is 490 g/mol. The van der Waals surface area contributed by atoms with Crippen molar-refractivity contribution in [2.24, 2.45) is 0 Å². The van der Waals surface area contributed by atoms with Crippen LogP contribution >= 0.6 is 0 Å². The van der Waals surface area contributed by atoms with Gasteiger partial charge in [-0.1, -0.05) is 25.0 Å². The van der Waals surface area contributed by atoms with Gasteiger partial charge in [-0.3, -0.25) is 9.36 Å².